The van der Waals surface area contributed by atoms with Crippen LogP contribution in [-0.2, 0) is 0 Å². The Morgan fingerprint density at radius 1 is 1.23 bits per heavy atom. The van der Waals surface area contributed by atoms with E-state index in [2.05, 4.69) is 20.6 Å². The van der Waals surface area contributed by atoms with Crippen LogP contribution in [0.3, 0.4) is 0 Å². The maximum atomic E-state index is 13.6. The molecule has 0 spiro atoms. The normalized spacial score (nSPS) is 10.4. The number of carbonyl (C=O) groups is 1. The molecule has 0 aliphatic carbocycles. The first-order valence-electron chi connectivity index (χ1n) is 6.86. The summed E-state index contributed by atoms with van der Waals surface area (Å²) in [5.41, 5.74) is 0.119. The first kappa shape index (κ1) is 15.8. The Labute approximate surface area is 126 Å². The zero-order chi connectivity index (χ0) is 16.1. The minimum absolute atomic E-state index is 0.0359. The number of aromatic nitrogens is 2. The van der Waals surface area contributed by atoms with E-state index in [1.54, 1.807) is 6.92 Å². The van der Waals surface area contributed by atoms with Gasteiger partial charge in [0.15, 0.2) is 0 Å². The van der Waals surface area contributed by atoms with E-state index in [1.165, 1.54) is 12.1 Å². The molecule has 0 unspecified atom stereocenters. The topological polar surface area (TPSA) is 66.9 Å². The Hall–Kier alpha value is -2.57. The molecule has 0 bridgehead atoms. The monoisotopic (exact) mass is 306 g/mol. The predicted molar refractivity (Wildman–Crippen MR) is 79.9 cm³/mol. The number of aryl methyl sites for hydroxylation is 1. The highest BCUT2D eigenvalue weighted by molar-refractivity contribution is 6.03. The lowest BCUT2D eigenvalue weighted by molar-refractivity contribution is 0.102. The van der Waals surface area contributed by atoms with Gasteiger partial charge in [0.2, 0.25) is 5.95 Å². The molecule has 1 aromatic carbocycles. The van der Waals surface area contributed by atoms with Gasteiger partial charge in [-0.05, 0) is 31.5 Å². The van der Waals surface area contributed by atoms with Crippen molar-refractivity contribution in [2.75, 3.05) is 17.2 Å². The van der Waals surface area contributed by atoms with Crippen molar-refractivity contribution in [1.82, 2.24) is 9.97 Å². The molecule has 2 aromatic rings. The van der Waals surface area contributed by atoms with Crippen LogP contribution in [0.2, 0.25) is 0 Å². The fourth-order valence-electron chi connectivity index (χ4n) is 1.80. The average molecular weight is 306 g/mol. The van der Waals surface area contributed by atoms with Crippen LogP contribution in [-0.4, -0.2) is 22.4 Å². The Balaban J connectivity index is 2.24. The van der Waals surface area contributed by atoms with Gasteiger partial charge in [-0.1, -0.05) is 13.0 Å². The van der Waals surface area contributed by atoms with E-state index in [9.17, 15) is 13.6 Å². The van der Waals surface area contributed by atoms with E-state index in [0.717, 1.165) is 18.6 Å². The van der Waals surface area contributed by atoms with Crippen LogP contribution in [0.5, 0.6) is 0 Å². The fraction of sp³-hybridized carbons (Fsp3) is 0.267. The Bertz CT molecular complexity index is 671. The molecule has 1 heterocycles. The van der Waals surface area contributed by atoms with Crippen LogP contribution in [0.15, 0.2) is 24.3 Å². The molecule has 7 heteroatoms. The van der Waals surface area contributed by atoms with Crippen molar-refractivity contribution in [3.63, 3.8) is 0 Å². The molecule has 0 fully saturated rings. The fourth-order valence-corrected chi connectivity index (χ4v) is 1.80. The third kappa shape index (κ3) is 3.75. The molecule has 0 aliphatic rings. The van der Waals surface area contributed by atoms with Crippen molar-refractivity contribution in [2.24, 2.45) is 0 Å². The Kier molecular flexibility index (Phi) is 4.98. The third-order valence-corrected chi connectivity index (χ3v) is 2.82. The molecular formula is C15H16F2N4O. The summed E-state index contributed by atoms with van der Waals surface area (Å²) < 4.78 is 27.1. The van der Waals surface area contributed by atoms with Gasteiger partial charge in [-0.15, -0.1) is 0 Å². The summed E-state index contributed by atoms with van der Waals surface area (Å²) in [4.78, 5) is 20.3. The molecule has 0 saturated heterocycles. The number of carbonyl (C=O) groups excluding carboxylic acids is 1. The molecule has 5 nitrogen and oxygen atoms in total. The van der Waals surface area contributed by atoms with Gasteiger partial charge in [-0.2, -0.15) is 0 Å². The van der Waals surface area contributed by atoms with Crippen molar-refractivity contribution in [2.45, 2.75) is 20.3 Å². The number of benzene rings is 1. The van der Waals surface area contributed by atoms with Gasteiger partial charge in [0.05, 0.1) is 0 Å². The van der Waals surface area contributed by atoms with Crippen LogP contribution in [0.25, 0.3) is 0 Å². The van der Waals surface area contributed by atoms with E-state index in [-0.39, 0.29) is 5.69 Å². The van der Waals surface area contributed by atoms with Gasteiger partial charge >= 0.3 is 0 Å². The molecule has 1 amide bonds. The van der Waals surface area contributed by atoms with Gasteiger partial charge in [-0.25, -0.2) is 18.7 Å². The number of amides is 1. The van der Waals surface area contributed by atoms with E-state index in [4.69, 9.17) is 0 Å². The summed E-state index contributed by atoms with van der Waals surface area (Å²) in [6, 6.07) is 4.81. The lowest BCUT2D eigenvalue weighted by Gasteiger charge is -2.09. The lowest BCUT2D eigenvalue weighted by atomic mass is 10.2. The molecule has 22 heavy (non-hydrogen) atoms. The van der Waals surface area contributed by atoms with Gasteiger partial charge in [0.1, 0.15) is 23.0 Å². The minimum atomic E-state index is -0.844. The highest BCUT2D eigenvalue weighted by Crippen LogP contribution is 2.19. The van der Waals surface area contributed by atoms with Crippen molar-refractivity contribution >= 4 is 17.5 Å². The summed E-state index contributed by atoms with van der Waals surface area (Å²) in [6.07, 6.45) is 0.874. The first-order chi connectivity index (χ1) is 10.5. The molecule has 0 aliphatic heterocycles. The molecule has 0 radical (unpaired) electrons. The van der Waals surface area contributed by atoms with Gasteiger partial charge in [0, 0.05) is 12.2 Å². The summed E-state index contributed by atoms with van der Waals surface area (Å²) in [6.45, 7) is 4.35. The van der Waals surface area contributed by atoms with Crippen molar-refractivity contribution in [3.8, 4) is 0 Å². The third-order valence-electron chi connectivity index (χ3n) is 2.82. The Morgan fingerprint density at radius 3 is 2.55 bits per heavy atom. The number of nitrogens with one attached hydrogen (secondary N) is 2. The lowest BCUT2D eigenvalue weighted by Crippen LogP contribution is -2.18. The maximum Gasteiger partial charge on any atom is 0.274 e. The van der Waals surface area contributed by atoms with Crippen LogP contribution >= 0.6 is 0 Å². The number of para-hydroxylation sites is 1. The van der Waals surface area contributed by atoms with E-state index < -0.39 is 23.2 Å². The Morgan fingerprint density at radius 2 is 1.91 bits per heavy atom. The number of hydrogen-bond donors (Lipinski definition) is 2. The van der Waals surface area contributed by atoms with Gasteiger partial charge in [0.25, 0.3) is 5.91 Å². The molecule has 0 atom stereocenters. The minimum Gasteiger partial charge on any atom is -0.354 e. The highest BCUT2D eigenvalue weighted by atomic mass is 19.1. The van der Waals surface area contributed by atoms with E-state index in [0.29, 0.717) is 18.2 Å². The first-order valence-corrected chi connectivity index (χ1v) is 6.86. The summed E-state index contributed by atoms with van der Waals surface area (Å²) in [7, 11) is 0. The van der Waals surface area contributed by atoms with Crippen molar-refractivity contribution in [3.05, 3.63) is 47.3 Å². The number of rotatable bonds is 5. The second-order valence-electron chi connectivity index (χ2n) is 4.70. The summed E-state index contributed by atoms with van der Waals surface area (Å²) in [5.74, 6) is -2.08. The van der Waals surface area contributed by atoms with Crippen molar-refractivity contribution < 1.29 is 13.6 Å². The van der Waals surface area contributed by atoms with Crippen LogP contribution in [0.4, 0.5) is 20.4 Å². The van der Waals surface area contributed by atoms with E-state index >= 15 is 0 Å². The molecule has 0 saturated carbocycles. The van der Waals surface area contributed by atoms with Gasteiger partial charge in [-0.3, -0.25) is 4.79 Å². The second kappa shape index (κ2) is 6.93. The molecule has 1 aromatic heterocycles. The molecule has 2 N–H and O–H groups in total. The molecule has 116 valence electrons. The number of hydrogen-bond acceptors (Lipinski definition) is 4. The van der Waals surface area contributed by atoms with Crippen LogP contribution < -0.4 is 10.6 Å². The number of anilines is 2. The zero-order valence-corrected chi connectivity index (χ0v) is 12.3. The standard InChI is InChI=1S/C15H16F2N4O/c1-3-7-18-15-19-9(2)8-12(20-15)14(22)21-13-10(16)5-4-6-11(13)17/h4-6,8H,3,7H2,1-2H3,(H,21,22)(H,18,19,20). The smallest absolute Gasteiger partial charge is 0.274 e. The number of halogens is 2. The largest absolute Gasteiger partial charge is 0.354 e. The average Bonchev–Trinajstić information content (AvgIpc) is 2.48. The SMILES string of the molecule is CCCNc1nc(C)cc(C(=O)Nc2c(F)cccc2F)n1. The highest BCUT2D eigenvalue weighted by Gasteiger charge is 2.15. The summed E-state index contributed by atoms with van der Waals surface area (Å²) in [5, 5.41) is 5.16. The van der Waals surface area contributed by atoms with Crippen LogP contribution in [0.1, 0.15) is 29.5 Å². The number of nitrogens with zero attached hydrogens (tertiary/aromatic N) is 2. The maximum absolute atomic E-state index is 13.6. The molecule has 2 rings (SSSR count). The van der Waals surface area contributed by atoms with E-state index in [1.807, 2.05) is 6.92 Å². The summed E-state index contributed by atoms with van der Waals surface area (Å²) >= 11 is 0. The van der Waals surface area contributed by atoms with Crippen LogP contribution in [0, 0.1) is 18.6 Å². The second-order valence-corrected chi connectivity index (χ2v) is 4.70. The van der Waals surface area contributed by atoms with Gasteiger partial charge < -0.3 is 10.6 Å². The molecular weight excluding hydrogens is 290 g/mol. The van der Waals surface area contributed by atoms with Crippen molar-refractivity contribution in [1.29, 1.82) is 0 Å². The quantitative estimate of drug-likeness (QED) is 0.890. The zero-order valence-electron chi connectivity index (χ0n) is 12.3. The predicted octanol–water partition coefficient (Wildman–Crippen LogP) is 3.14.